The van der Waals surface area contributed by atoms with Crippen molar-refractivity contribution in [3.63, 3.8) is 0 Å². The molecule has 1 N–H and O–H groups in total. The molecule has 0 radical (unpaired) electrons. The van der Waals surface area contributed by atoms with Gasteiger partial charge in [0.25, 0.3) is 0 Å². The zero-order valence-corrected chi connectivity index (χ0v) is 13.0. The minimum Gasteiger partial charge on any atom is -0.388 e. The van der Waals surface area contributed by atoms with Crippen LogP contribution in [-0.4, -0.2) is 5.11 Å². The summed E-state index contributed by atoms with van der Waals surface area (Å²) in [4.78, 5) is 0. The minimum absolute atomic E-state index is 0.0180. The zero-order valence-electron chi connectivity index (χ0n) is 13.0. The van der Waals surface area contributed by atoms with Gasteiger partial charge in [0.1, 0.15) is 5.83 Å². The molecule has 0 spiro atoms. The number of fused-ring (bicyclic) bond motifs is 1. The summed E-state index contributed by atoms with van der Waals surface area (Å²) in [5, 5.41) is 12.4. The molecule has 0 fully saturated rings. The van der Waals surface area contributed by atoms with Gasteiger partial charge in [-0.15, -0.1) is 0 Å². The maximum absolute atomic E-state index is 14.2. The van der Waals surface area contributed by atoms with E-state index in [1.165, 1.54) is 6.08 Å². The van der Waals surface area contributed by atoms with Gasteiger partial charge in [-0.3, -0.25) is 0 Å². The molecular weight excluding hydrogens is 287 g/mol. The normalized spacial score (nSPS) is 13.3. The second-order valence-electron chi connectivity index (χ2n) is 5.83. The highest BCUT2D eigenvalue weighted by Crippen LogP contribution is 2.24. The molecule has 1 unspecified atom stereocenters. The largest absolute Gasteiger partial charge is 0.388 e. The third-order valence-electron chi connectivity index (χ3n) is 3.95. The monoisotopic (exact) mass is 306 g/mol. The third kappa shape index (κ3) is 3.85. The quantitative estimate of drug-likeness (QED) is 0.667. The van der Waals surface area contributed by atoms with E-state index in [0.717, 1.165) is 27.5 Å². The molecule has 1 atom stereocenters. The number of benzene rings is 3. The van der Waals surface area contributed by atoms with Crippen LogP contribution in [0.3, 0.4) is 0 Å². The maximum Gasteiger partial charge on any atom is 0.103 e. The van der Waals surface area contributed by atoms with Crippen LogP contribution in [0.15, 0.2) is 72.6 Å². The SMILES string of the molecule is Cc1ccc(C(O)C/C(F)=C/c2ccc3ccccc3c2)cc1. The number of halogens is 1. The Labute approximate surface area is 135 Å². The van der Waals surface area contributed by atoms with Gasteiger partial charge in [0.05, 0.1) is 6.10 Å². The summed E-state index contributed by atoms with van der Waals surface area (Å²) in [6.07, 6.45) is 0.645. The summed E-state index contributed by atoms with van der Waals surface area (Å²) in [5.41, 5.74) is 2.66. The number of aliphatic hydroxyl groups excluding tert-OH is 1. The Morgan fingerprint density at radius 2 is 1.70 bits per heavy atom. The van der Waals surface area contributed by atoms with Crippen molar-refractivity contribution in [2.24, 2.45) is 0 Å². The second kappa shape index (κ2) is 6.76. The predicted octanol–water partition coefficient (Wildman–Crippen LogP) is 5.58. The van der Waals surface area contributed by atoms with Crippen molar-refractivity contribution in [1.29, 1.82) is 0 Å². The summed E-state index contributed by atoms with van der Waals surface area (Å²) in [6.45, 7) is 1.98. The van der Waals surface area contributed by atoms with Gasteiger partial charge in [-0.1, -0.05) is 66.2 Å². The van der Waals surface area contributed by atoms with Crippen LogP contribution in [0.25, 0.3) is 16.8 Å². The number of hydrogen-bond acceptors (Lipinski definition) is 1. The van der Waals surface area contributed by atoms with Crippen LogP contribution >= 0.6 is 0 Å². The van der Waals surface area contributed by atoms with E-state index in [4.69, 9.17) is 0 Å². The molecule has 0 aliphatic heterocycles. The van der Waals surface area contributed by atoms with E-state index in [0.29, 0.717) is 0 Å². The first kappa shape index (κ1) is 15.4. The minimum atomic E-state index is -0.827. The molecule has 0 aliphatic carbocycles. The van der Waals surface area contributed by atoms with Crippen LogP contribution in [-0.2, 0) is 0 Å². The van der Waals surface area contributed by atoms with Gasteiger partial charge in [-0.2, -0.15) is 0 Å². The topological polar surface area (TPSA) is 20.2 Å². The average Bonchev–Trinajstić information content (AvgIpc) is 2.55. The molecule has 0 aliphatic rings. The predicted molar refractivity (Wildman–Crippen MR) is 93.8 cm³/mol. The molecule has 3 rings (SSSR count). The highest BCUT2D eigenvalue weighted by atomic mass is 19.1. The molecule has 3 aromatic rings. The Balaban J connectivity index is 1.76. The summed E-state index contributed by atoms with van der Waals surface area (Å²) < 4.78 is 14.2. The molecule has 0 saturated carbocycles. The number of hydrogen-bond donors (Lipinski definition) is 1. The van der Waals surface area contributed by atoms with E-state index in [1.807, 2.05) is 73.7 Å². The van der Waals surface area contributed by atoms with Crippen LogP contribution in [0.1, 0.15) is 29.2 Å². The van der Waals surface area contributed by atoms with E-state index < -0.39 is 6.10 Å². The van der Waals surface area contributed by atoms with Crippen LogP contribution < -0.4 is 0 Å². The maximum atomic E-state index is 14.2. The zero-order chi connectivity index (χ0) is 16.2. The van der Waals surface area contributed by atoms with Gasteiger partial charge in [0, 0.05) is 6.42 Å². The number of rotatable bonds is 4. The van der Waals surface area contributed by atoms with Crippen molar-refractivity contribution in [1.82, 2.24) is 0 Å². The number of aryl methyl sites for hydroxylation is 1. The summed E-state index contributed by atoms with van der Waals surface area (Å²) in [6, 6.07) is 21.3. The van der Waals surface area contributed by atoms with Crippen molar-refractivity contribution >= 4 is 16.8 Å². The van der Waals surface area contributed by atoms with E-state index >= 15 is 0 Å². The molecule has 3 aromatic carbocycles. The molecule has 2 heteroatoms. The van der Waals surface area contributed by atoms with Crippen molar-refractivity contribution < 1.29 is 9.50 Å². The van der Waals surface area contributed by atoms with Gasteiger partial charge in [-0.05, 0) is 41.0 Å². The standard InChI is InChI=1S/C21H19FO/c1-15-6-9-18(10-7-15)21(23)14-20(22)13-16-8-11-17-4-2-3-5-19(17)12-16/h2-13,21,23H,14H2,1H3/b20-13-. The molecule has 1 nitrogen and oxygen atoms in total. The van der Waals surface area contributed by atoms with Crippen LogP contribution in [0, 0.1) is 6.92 Å². The first-order chi connectivity index (χ1) is 11.1. The molecule has 23 heavy (non-hydrogen) atoms. The molecule has 0 heterocycles. The van der Waals surface area contributed by atoms with Crippen LogP contribution in [0.5, 0.6) is 0 Å². The first-order valence-corrected chi connectivity index (χ1v) is 7.71. The Bertz CT molecular complexity index is 834. The van der Waals surface area contributed by atoms with E-state index in [-0.39, 0.29) is 12.2 Å². The van der Waals surface area contributed by atoms with Gasteiger partial charge >= 0.3 is 0 Å². The van der Waals surface area contributed by atoms with Gasteiger partial charge in [0.2, 0.25) is 0 Å². The van der Waals surface area contributed by atoms with Crippen molar-refractivity contribution in [2.75, 3.05) is 0 Å². The smallest absolute Gasteiger partial charge is 0.103 e. The first-order valence-electron chi connectivity index (χ1n) is 7.71. The Morgan fingerprint density at radius 1 is 1.00 bits per heavy atom. The second-order valence-corrected chi connectivity index (χ2v) is 5.83. The lowest BCUT2D eigenvalue weighted by atomic mass is 10.0. The highest BCUT2D eigenvalue weighted by molar-refractivity contribution is 5.84. The lowest BCUT2D eigenvalue weighted by Crippen LogP contribution is -1.97. The van der Waals surface area contributed by atoms with Crippen LogP contribution in [0.4, 0.5) is 4.39 Å². The lowest BCUT2D eigenvalue weighted by molar-refractivity contribution is 0.171. The van der Waals surface area contributed by atoms with Gasteiger partial charge in [0.15, 0.2) is 0 Å². The Kier molecular flexibility index (Phi) is 4.54. The summed E-state index contributed by atoms with van der Waals surface area (Å²) in [7, 11) is 0. The van der Waals surface area contributed by atoms with Gasteiger partial charge in [-0.25, -0.2) is 4.39 Å². The number of aliphatic hydroxyl groups is 1. The molecule has 0 aromatic heterocycles. The Morgan fingerprint density at radius 3 is 2.43 bits per heavy atom. The summed E-state index contributed by atoms with van der Waals surface area (Å²) >= 11 is 0. The van der Waals surface area contributed by atoms with E-state index in [9.17, 15) is 9.50 Å². The van der Waals surface area contributed by atoms with Crippen molar-refractivity contribution in [3.05, 3.63) is 89.2 Å². The molecule has 0 bridgehead atoms. The van der Waals surface area contributed by atoms with Gasteiger partial charge < -0.3 is 5.11 Å². The van der Waals surface area contributed by atoms with Crippen molar-refractivity contribution in [3.8, 4) is 0 Å². The fourth-order valence-electron chi connectivity index (χ4n) is 2.63. The Hall–Kier alpha value is -2.45. The van der Waals surface area contributed by atoms with E-state index in [2.05, 4.69) is 0 Å². The molecule has 0 saturated heterocycles. The van der Waals surface area contributed by atoms with Crippen molar-refractivity contribution in [2.45, 2.75) is 19.4 Å². The molecule has 0 amide bonds. The van der Waals surface area contributed by atoms with E-state index in [1.54, 1.807) is 0 Å². The lowest BCUT2D eigenvalue weighted by Gasteiger charge is -2.10. The molecule has 116 valence electrons. The molecular formula is C21H19FO. The average molecular weight is 306 g/mol. The summed E-state index contributed by atoms with van der Waals surface area (Å²) in [5.74, 6) is -0.326. The highest BCUT2D eigenvalue weighted by Gasteiger charge is 2.10. The fourth-order valence-corrected chi connectivity index (χ4v) is 2.63. The fraction of sp³-hybridized carbons (Fsp3) is 0.143. The van der Waals surface area contributed by atoms with Crippen LogP contribution in [0.2, 0.25) is 0 Å². The third-order valence-corrected chi connectivity index (χ3v) is 3.95.